The zero-order valence-electron chi connectivity index (χ0n) is 16.1. The topological polar surface area (TPSA) is 30.3 Å². The van der Waals surface area contributed by atoms with Gasteiger partial charge in [-0.15, -0.1) is 0 Å². The maximum Gasteiger partial charge on any atom is 0.111 e. The number of hydrogen-bond donors (Lipinski definition) is 0. The Morgan fingerprint density at radius 3 is 2.60 bits per heavy atom. The van der Waals surface area contributed by atoms with Crippen LogP contribution in [0.5, 0.6) is 0 Å². The minimum absolute atomic E-state index is 0.00762. The molecule has 2 saturated heterocycles. The van der Waals surface area contributed by atoms with Crippen molar-refractivity contribution in [2.45, 2.75) is 89.3 Å². The van der Waals surface area contributed by atoms with Crippen LogP contribution in [-0.4, -0.2) is 45.8 Å². The van der Waals surface area contributed by atoms with Gasteiger partial charge in [-0.25, -0.2) is 4.98 Å². The van der Waals surface area contributed by atoms with Crippen molar-refractivity contribution in [2.24, 2.45) is 5.92 Å². The minimum Gasteiger partial charge on any atom is -0.376 e. The van der Waals surface area contributed by atoms with E-state index in [4.69, 9.17) is 9.72 Å². The van der Waals surface area contributed by atoms with Crippen LogP contribution < -0.4 is 0 Å². The predicted octanol–water partition coefficient (Wildman–Crippen LogP) is 4.21. The molecule has 0 aromatic carbocycles. The average Bonchev–Trinajstić information content (AvgIpc) is 3.26. The van der Waals surface area contributed by atoms with Gasteiger partial charge in [0.2, 0.25) is 0 Å². The number of likely N-dealkylation sites (tertiary alicyclic amines) is 1. The molecule has 4 rings (SSSR count). The molecule has 3 fully saturated rings. The molecule has 3 aliphatic rings. The molecule has 1 aliphatic carbocycles. The maximum absolute atomic E-state index is 5.90. The maximum atomic E-state index is 5.90. The summed E-state index contributed by atoms with van der Waals surface area (Å²) < 4.78 is 8.36. The molecule has 25 heavy (non-hydrogen) atoms. The lowest BCUT2D eigenvalue weighted by atomic mass is 9.87. The molecule has 3 heterocycles. The first-order valence-electron chi connectivity index (χ1n) is 10.5. The third-order valence-electron chi connectivity index (χ3n) is 6.76. The molecule has 4 heteroatoms. The summed E-state index contributed by atoms with van der Waals surface area (Å²) in [5, 5.41) is 0. The molecule has 1 saturated carbocycles. The monoisotopic (exact) mass is 345 g/mol. The molecule has 140 valence electrons. The lowest BCUT2D eigenvalue weighted by Crippen LogP contribution is -2.41. The van der Waals surface area contributed by atoms with E-state index < -0.39 is 0 Å². The van der Waals surface area contributed by atoms with E-state index in [1.165, 1.54) is 57.4 Å². The summed E-state index contributed by atoms with van der Waals surface area (Å²) in [6.07, 6.45) is 14.9. The van der Waals surface area contributed by atoms with Gasteiger partial charge in [-0.05, 0) is 71.4 Å². The lowest BCUT2D eigenvalue weighted by Gasteiger charge is -2.37. The zero-order chi connectivity index (χ0) is 17.3. The SMILES string of the molecule is CC1(C)C[C@H](c2nccn2CC2CCN(C3CCCC3)CC2)CCO1. The summed E-state index contributed by atoms with van der Waals surface area (Å²) in [7, 11) is 0. The second-order valence-electron chi connectivity index (χ2n) is 9.15. The smallest absolute Gasteiger partial charge is 0.111 e. The van der Waals surface area contributed by atoms with Gasteiger partial charge in [0.15, 0.2) is 0 Å². The average molecular weight is 346 g/mol. The normalized spacial score (nSPS) is 29.3. The second-order valence-corrected chi connectivity index (χ2v) is 9.15. The Morgan fingerprint density at radius 2 is 1.88 bits per heavy atom. The Morgan fingerprint density at radius 1 is 1.12 bits per heavy atom. The van der Waals surface area contributed by atoms with Crippen molar-refractivity contribution in [1.29, 1.82) is 0 Å². The third-order valence-corrected chi connectivity index (χ3v) is 6.76. The van der Waals surface area contributed by atoms with E-state index in [1.54, 1.807) is 0 Å². The molecule has 1 atom stereocenters. The van der Waals surface area contributed by atoms with Crippen molar-refractivity contribution in [3.63, 3.8) is 0 Å². The van der Waals surface area contributed by atoms with Gasteiger partial charge in [0, 0.05) is 37.5 Å². The fourth-order valence-corrected chi connectivity index (χ4v) is 5.34. The van der Waals surface area contributed by atoms with Crippen LogP contribution in [0.2, 0.25) is 0 Å². The number of imidazole rings is 1. The molecule has 0 amide bonds. The van der Waals surface area contributed by atoms with Gasteiger partial charge in [-0.1, -0.05) is 12.8 Å². The lowest BCUT2D eigenvalue weighted by molar-refractivity contribution is -0.0607. The van der Waals surface area contributed by atoms with E-state index >= 15 is 0 Å². The zero-order valence-corrected chi connectivity index (χ0v) is 16.1. The Balaban J connectivity index is 1.34. The van der Waals surface area contributed by atoms with Crippen molar-refractivity contribution in [2.75, 3.05) is 19.7 Å². The van der Waals surface area contributed by atoms with Crippen LogP contribution >= 0.6 is 0 Å². The highest BCUT2D eigenvalue weighted by Gasteiger charge is 2.32. The van der Waals surface area contributed by atoms with Crippen molar-refractivity contribution >= 4 is 0 Å². The van der Waals surface area contributed by atoms with Gasteiger partial charge >= 0.3 is 0 Å². The van der Waals surface area contributed by atoms with Crippen LogP contribution in [0.25, 0.3) is 0 Å². The Bertz CT molecular complexity index is 553. The summed E-state index contributed by atoms with van der Waals surface area (Å²) >= 11 is 0. The quantitative estimate of drug-likeness (QED) is 0.819. The van der Waals surface area contributed by atoms with E-state index in [2.05, 4.69) is 29.5 Å². The Hall–Kier alpha value is -0.870. The summed E-state index contributed by atoms with van der Waals surface area (Å²) in [6, 6.07) is 0.897. The molecular weight excluding hydrogens is 310 g/mol. The van der Waals surface area contributed by atoms with Crippen LogP contribution in [0.3, 0.4) is 0 Å². The molecule has 2 aliphatic heterocycles. The van der Waals surface area contributed by atoms with E-state index in [-0.39, 0.29) is 5.60 Å². The summed E-state index contributed by atoms with van der Waals surface area (Å²) in [5.74, 6) is 2.67. The number of hydrogen-bond acceptors (Lipinski definition) is 3. The molecule has 1 aromatic heterocycles. The fraction of sp³-hybridized carbons (Fsp3) is 0.857. The number of ether oxygens (including phenoxy) is 1. The van der Waals surface area contributed by atoms with Crippen molar-refractivity contribution in [1.82, 2.24) is 14.5 Å². The number of aromatic nitrogens is 2. The molecule has 4 nitrogen and oxygen atoms in total. The molecule has 0 spiro atoms. The molecule has 0 unspecified atom stereocenters. The molecule has 1 aromatic rings. The first-order valence-corrected chi connectivity index (χ1v) is 10.5. The van der Waals surface area contributed by atoms with Gasteiger partial charge in [0.05, 0.1) is 5.60 Å². The minimum atomic E-state index is -0.00762. The van der Waals surface area contributed by atoms with Crippen molar-refractivity contribution in [3.05, 3.63) is 18.2 Å². The number of nitrogens with zero attached hydrogens (tertiary/aromatic N) is 3. The highest BCUT2D eigenvalue weighted by molar-refractivity contribution is 5.04. The van der Waals surface area contributed by atoms with Crippen LogP contribution in [0.1, 0.15) is 77.0 Å². The summed E-state index contributed by atoms with van der Waals surface area (Å²) in [6.45, 7) is 9.07. The van der Waals surface area contributed by atoms with E-state index in [0.29, 0.717) is 5.92 Å². The van der Waals surface area contributed by atoms with Crippen LogP contribution in [0.15, 0.2) is 12.4 Å². The first kappa shape index (κ1) is 17.5. The van der Waals surface area contributed by atoms with Crippen molar-refractivity contribution < 1.29 is 4.74 Å². The van der Waals surface area contributed by atoms with E-state index in [9.17, 15) is 0 Å². The van der Waals surface area contributed by atoms with Gasteiger partial charge in [-0.3, -0.25) is 0 Å². The number of rotatable bonds is 4. The van der Waals surface area contributed by atoms with Gasteiger partial charge < -0.3 is 14.2 Å². The van der Waals surface area contributed by atoms with Gasteiger partial charge in [0.25, 0.3) is 0 Å². The largest absolute Gasteiger partial charge is 0.376 e. The van der Waals surface area contributed by atoms with E-state index in [1.807, 2.05) is 6.20 Å². The van der Waals surface area contributed by atoms with Crippen LogP contribution in [0.4, 0.5) is 0 Å². The van der Waals surface area contributed by atoms with Crippen LogP contribution in [-0.2, 0) is 11.3 Å². The molecular formula is C21H35N3O. The summed E-state index contributed by atoms with van der Waals surface area (Å²) in [4.78, 5) is 7.52. The molecule has 0 bridgehead atoms. The highest BCUT2D eigenvalue weighted by Crippen LogP contribution is 2.35. The van der Waals surface area contributed by atoms with Gasteiger partial charge in [-0.2, -0.15) is 0 Å². The van der Waals surface area contributed by atoms with E-state index in [0.717, 1.165) is 38.0 Å². The highest BCUT2D eigenvalue weighted by atomic mass is 16.5. The van der Waals surface area contributed by atoms with Gasteiger partial charge in [0.1, 0.15) is 5.82 Å². The summed E-state index contributed by atoms with van der Waals surface area (Å²) in [5.41, 5.74) is -0.00762. The predicted molar refractivity (Wildman–Crippen MR) is 101 cm³/mol. The van der Waals surface area contributed by atoms with Crippen molar-refractivity contribution in [3.8, 4) is 0 Å². The third kappa shape index (κ3) is 4.11. The molecule has 0 radical (unpaired) electrons. The molecule has 0 N–H and O–H groups in total. The Labute approximate surface area is 152 Å². The number of piperidine rings is 1. The fourth-order valence-electron chi connectivity index (χ4n) is 5.34. The standard InChI is InChI=1S/C21H35N3O/c1-21(2)15-18(9-14-25-21)20-22-10-13-24(20)16-17-7-11-23(12-8-17)19-5-3-4-6-19/h10,13,17-19H,3-9,11-12,14-16H2,1-2H3/t18-/m1/s1. The Kier molecular flexibility index (Phi) is 5.19. The first-order chi connectivity index (χ1) is 12.1. The second kappa shape index (κ2) is 7.40. The van der Waals surface area contributed by atoms with Crippen LogP contribution in [0, 0.1) is 5.92 Å².